The highest BCUT2D eigenvalue weighted by Gasteiger charge is 2.70. The van der Waals surface area contributed by atoms with Crippen molar-refractivity contribution >= 4 is 22.2 Å². The molecule has 2 aromatic heterocycles. The van der Waals surface area contributed by atoms with E-state index in [2.05, 4.69) is 16.9 Å². The summed E-state index contributed by atoms with van der Waals surface area (Å²) in [5.41, 5.74) is 0.520. The Morgan fingerprint density at radius 3 is 2.90 bits per heavy atom. The van der Waals surface area contributed by atoms with Crippen LogP contribution in [0.1, 0.15) is 11.8 Å². The maximum absolute atomic E-state index is 11.9. The molecule has 1 aliphatic heterocycles. The quantitative estimate of drug-likeness (QED) is 0.929. The highest BCUT2D eigenvalue weighted by molar-refractivity contribution is 7.11. The molecule has 1 saturated carbocycles. The topological polar surface area (TPSA) is 73.4 Å². The van der Waals surface area contributed by atoms with Crippen molar-refractivity contribution in [2.75, 3.05) is 14.2 Å². The van der Waals surface area contributed by atoms with E-state index in [1.807, 2.05) is 5.38 Å². The van der Waals surface area contributed by atoms with E-state index in [0.29, 0.717) is 16.8 Å². The molecule has 0 spiro atoms. The molecule has 0 bridgehead atoms. The average molecular weight is 308 g/mol. The molecule has 1 saturated heterocycles. The lowest BCUT2D eigenvalue weighted by Gasteiger charge is -2.33. The lowest BCUT2D eigenvalue weighted by Crippen LogP contribution is -2.37. The number of aromatic amines is 1. The van der Waals surface area contributed by atoms with Crippen LogP contribution in [0.5, 0.6) is 0 Å². The van der Waals surface area contributed by atoms with Gasteiger partial charge in [0.25, 0.3) is 5.56 Å². The van der Waals surface area contributed by atoms with Gasteiger partial charge in [-0.25, -0.2) is 4.98 Å². The van der Waals surface area contributed by atoms with Crippen LogP contribution in [0.2, 0.25) is 0 Å². The minimum absolute atomic E-state index is 0.0593. The van der Waals surface area contributed by atoms with Gasteiger partial charge in [0.2, 0.25) is 5.79 Å². The number of nitrogens with one attached hydrogen (secondary N) is 1. The number of fused-ring (bicyclic) bond motifs is 2. The van der Waals surface area contributed by atoms with Crippen molar-refractivity contribution in [3.8, 4) is 0 Å². The molecule has 1 aliphatic carbocycles. The van der Waals surface area contributed by atoms with Crippen LogP contribution in [-0.4, -0.2) is 36.4 Å². The minimum atomic E-state index is -0.836. The number of aromatic nitrogens is 2. The molecule has 0 aromatic carbocycles. The van der Waals surface area contributed by atoms with Crippen molar-refractivity contribution in [2.45, 2.75) is 24.9 Å². The third kappa shape index (κ3) is 1.57. The van der Waals surface area contributed by atoms with Crippen LogP contribution < -0.4 is 5.56 Å². The molecule has 2 aliphatic rings. The van der Waals surface area contributed by atoms with E-state index in [9.17, 15) is 4.79 Å². The van der Waals surface area contributed by atoms with Crippen molar-refractivity contribution in [3.05, 3.63) is 26.9 Å². The van der Waals surface area contributed by atoms with Crippen LogP contribution in [0.15, 0.2) is 16.5 Å². The van der Waals surface area contributed by atoms with Gasteiger partial charge in [-0.2, -0.15) is 0 Å². The van der Waals surface area contributed by atoms with Crippen LogP contribution in [0.4, 0.5) is 0 Å². The van der Waals surface area contributed by atoms with Gasteiger partial charge in [0.1, 0.15) is 0 Å². The van der Waals surface area contributed by atoms with Crippen LogP contribution in [0.25, 0.3) is 10.9 Å². The molecule has 0 radical (unpaired) electrons. The van der Waals surface area contributed by atoms with Gasteiger partial charge in [-0.3, -0.25) is 4.79 Å². The summed E-state index contributed by atoms with van der Waals surface area (Å²) >= 11 is 1.46. The Balaban J connectivity index is 1.84. The lowest BCUT2D eigenvalue weighted by molar-refractivity contribution is -0.247. The Bertz CT molecular complexity index is 757. The first-order valence-electron chi connectivity index (χ1n) is 6.85. The second-order valence-electron chi connectivity index (χ2n) is 5.58. The van der Waals surface area contributed by atoms with Crippen molar-refractivity contribution < 1.29 is 14.2 Å². The number of hydrogen-bond donors (Lipinski definition) is 1. The van der Waals surface area contributed by atoms with E-state index in [0.717, 1.165) is 4.88 Å². The molecule has 112 valence electrons. The minimum Gasteiger partial charge on any atom is -0.378 e. The van der Waals surface area contributed by atoms with Crippen LogP contribution >= 0.6 is 11.3 Å². The summed E-state index contributed by atoms with van der Waals surface area (Å²) in [5, 5.41) is 2.39. The summed E-state index contributed by atoms with van der Waals surface area (Å²) in [6.07, 6.45) is 1.62. The van der Waals surface area contributed by atoms with Gasteiger partial charge >= 0.3 is 0 Å². The van der Waals surface area contributed by atoms with Crippen LogP contribution in [0, 0.1) is 11.8 Å². The van der Waals surface area contributed by atoms with Gasteiger partial charge in [-0.1, -0.05) is 6.92 Å². The Morgan fingerprint density at radius 1 is 1.48 bits per heavy atom. The Hall–Kier alpha value is -1.28. The summed E-state index contributed by atoms with van der Waals surface area (Å²) in [6.45, 7) is 2.10. The fourth-order valence-corrected chi connectivity index (χ4v) is 4.77. The van der Waals surface area contributed by atoms with Gasteiger partial charge in [-0.05, 0) is 0 Å². The number of rotatable bonds is 3. The predicted octanol–water partition coefficient (Wildman–Crippen LogP) is 1.46. The molecule has 2 fully saturated rings. The van der Waals surface area contributed by atoms with Crippen molar-refractivity contribution in [3.63, 3.8) is 0 Å². The largest absolute Gasteiger partial charge is 0.378 e. The Kier molecular flexibility index (Phi) is 2.78. The standard InChI is InChI=1S/C14H16N2O4S/c1-6-8-10(18-2)11(8)20-14(6,19-3)12-9-7(4-21-12)13(17)16-5-15-9/h4-6,8,10-11H,1-3H3,(H,15,16,17). The van der Waals surface area contributed by atoms with Gasteiger partial charge in [0, 0.05) is 31.4 Å². The van der Waals surface area contributed by atoms with Crippen LogP contribution in [0.3, 0.4) is 0 Å². The van der Waals surface area contributed by atoms with Gasteiger partial charge in [0.05, 0.1) is 34.3 Å². The third-order valence-electron chi connectivity index (χ3n) is 4.72. The number of thiophene rings is 1. The van der Waals surface area contributed by atoms with E-state index in [-0.39, 0.29) is 23.7 Å². The van der Waals surface area contributed by atoms with E-state index in [1.165, 1.54) is 17.7 Å². The maximum Gasteiger partial charge on any atom is 0.259 e. The van der Waals surface area contributed by atoms with E-state index >= 15 is 0 Å². The highest BCUT2D eigenvalue weighted by atomic mass is 32.1. The first kappa shape index (κ1) is 13.4. The van der Waals surface area contributed by atoms with Gasteiger partial charge < -0.3 is 19.2 Å². The van der Waals surface area contributed by atoms with Crippen LogP contribution in [-0.2, 0) is 20.0 Å². The number of hydrogen-bond acceptors (Lipinski definition) is 6. The second kappa shape index (κ2) is 4.36. The predicted molar refractivity (Wildman–Crippen MR) is 77.3 cm³/mol. The molecule has 5 atom stereocenters. The molecule has 4 rings (SSSR count). The first-order valence-corrected chi connectivity index (χ1v) is 7.73. The lowest BCUT2D eigenvalue weighted by atomic mass is 9.94. The second-order valence-corrected chi connectivity index (χ2v) is 6.46. The summed E-state index contributed by atoms with van der Waals surface area (Å²) in [7, 11) is 3.34. The molecular formula is C14H16N2O4S. The molecule has 21 heavy (non-hydrogen) atoms. The Morgan fingerprint density at radius 2 is 2.29 bits per heavy atom. The monoisotopic (exact) mass is 308 g/mol. The van der Waals surface area contributed by atoms with Crippen molar-refractivity contribution in [1.29, 1.82) is 0 Å². The maximum atomic E-state index is 11.9. The number of ether oxygens (including phenoxy) is 3. The molecular weight excluding hydrogens is 292 g/mol. The van der Waals surface area contributed by atoms with E-state index in [4.69, 9.17) is 14.2 Å². The number of nitrogens with zero attached hydrogens (tertiary/aromatic N) is 1. The molecule has 6 nitrogen and oxygen atoms in total. The molecule has 1 N–H and O–H groups in total. The fourth-order valence-electron chi connectivity index (χ4n) is 3.55. The molecule has 3 heterocycles. The number of H-pyrrole nitrogens is 1. The van der Waals surface area contributed by atoms with Crippen molar-refractivity contribution in [1.82, 2.24) is 9.97 Å². The highest BCUT2D eigenvalue weighted by Crippen LogP contribution is 2.61. The SMILES string of the molecule is COC1C2OC(OC)(c3scc4c(=O)[nH]cnc34)C(C)C12. The van der Waals surface area contributed by atoms with Gasteiger partial charge in [-0.15, -0.1) is 11.3 Å². The number of methoxy groups -OCH3 is 2. The first-order chi connectivity index (χ1) is 10.1. The Labute approximate surface area is 125 Å². The summed E-state index contributed by atoms with van der Waals surface area (Å²) < 4.78 is 17.4. The normalized spacial score (nSPS) is 37.9. The van der Waals surface area contributed by atoms with E-state index in [1.54, 1.807) is 14.2 Å². The van der Waals surface area contributed by atoms with E-state index < -0.39 is 5.79 Å². The molecule has 7 heteroatoms. The van der Waals surface area contributed by atoms with Crippen molar-refractivity contribution in [2.24, 2.45) is 11.8 Å². The smallest absolute Gasteiger partial charge is 0.259 e. The zero-order valence-corrected chi connectivity index (χ0v) is 12.8. The fraction of sp³-hybridized carbons (Fsp3) is 0.571. The van der Waals surface area contributed by atoms with Gasteiger partial charge in [0.15, 0.2) is 0 Å². The third-order valence-corrected chi connectivity index (χ3v) is 5.79. The molecule has 5 unspecified atom stereocenters. The zero-order chi connectivity index (χ0) is 14.8. The molecule has 0 amide bonds. The summed E-state index contributed by atoms with van der Waals surface area (Å²) in [4.78, 5) is 19.6. The summed E-state index contributed by atoms with van der Waals surface area (Å²) in [6, 6.07) is 0. The average Bonchev–Trinajstić information content (AvgIpc) is 2.84. The summed E-state index contributed by atoms with van der Waals surface area (Å²) in [5.74, 6) is -0.369. The molecule has 2 aromatic rings. The zero-order valence-electron chi connectivity index (χ0n) is 12.0.